The van der Waals surface area contributed by atoms with Gasteiger partial charge in [-0.3, -0.25) is 9.59 Å². The Labute approximate surface area is 167 Å². The van der Waals surface area contributed by atoms with Gasteiger partial charge in [-0.1, -0.05) is 30.3 Å². The summed E-state index contributed by atoms with van der Waals surface area (Å²) in [4.78, 5) is 26.0. The average molecular weight is 392 g/mol. The third-order valence-electron chi connectivity index (χ3n) is 4.98. The van der Waals surface area contributed by atoms with Crippen LogP contribution in [0.4, 0.5) is 10.1 Å². The Bertz CT molecular complexity index is 1020. The van der Waals surface area contributed by atoms with E-state index in [1.165, 1.54) is 11.0 Å². The van der Waals surface area contributed by atoms with Crippen LogP contribution in [0.5, 0.6) is 0 Å². The van der Waals surface area contributed by atoms with E-state index in [4.69, 9.17) is 0 Å². The van der Waals surface area contributed by atoms with Gasteiger partial charge in [0.2, 0.25) is 11.8 Å². The molecule has 2 amide bonds. The van der Waals surface area contributed by atoms with Crippen LogP contribution in [-0.2, 0) is 16.0 Å². The minimum atomic E-state index is -0.482. The Morgan fingerprint density at radius 3 is 2.66 bits per heavy atom. The Morgan fingerprint density at radius 1 is 1.10 bits per heavy atom. The molecule has 6 nitrogen and oxygen atoms in total. The van der Waals surface area contributed by atoms with E-state index in [0.717, 1.165) is 11.4 Å². The number of nitrogens with one attached hydrogen (secondary N) is 1. The number of amides is 2. The molecule has 0 radical (unpaired) electrons. The smallest absolute Gasteiger partial charge is 0.227 e. The predicted molar refractivity (Wildman–Crippen MR) is 107 cm³/mol. The number of benzene rings is 2. The molecule has 2 heterocycles. The minimum Gasteiger partial charge on any atom is -0.355 e. The summed E-state index contributed by atoms with van der Waals surface area (Å²) in [5, 5.41) is 7.38. The molecule has 7 heteroatoms. The number of carbonyl (C=O) groups excluding carboxylic acids is 2. The monoisotopic (exact) mass is 392 g/mol. The fourth-order valence-corrected chi connectivity index (χ4v) is 3.46. The lowest BCUT2D eigenvalue weighted by Crippen LogP contribution is -2.34. The molecule has 0 saturated carbocycles. The average Bonchev–Trinajstić information content (AvgIpc) is 3.36. The summed E-state index contributed by atoms with van der Waals surface area (Å²) in [6.07, 6.45) is 2.56. The number of carbonyl (C=O) groups is 2. The van der Waals surface area contributed by atoms with Gasteiger partial charge in [-0.15, -0.1) is 0 Å². The van der Waals surface area contributed by atoms with Crippen molar-refractivity contribution in [2.24, 2.45) is 5.92 Å². The lowest BCUT2D eigenvalue weighted by atomic mass is 10.1. The van der Waals surface area contributed by atoms with Gasteiger partial charge in [0, 0.05) is 32.1 Å². The van der Waals surface area contributed by atoms with Gasteiger partial charge in [0.25, 0.3) is 0 Å². The molecule has 3 aromatic rings. The van der Waals surface area contributed by atoms with E-state index in [-0.39, 0.29) is 30.5 Å². The first-order valence-corrected chi connectivity index (χ1v) is 9.54. The summed E-state index contributed by atoms with van der Waals surface area (Å²) < 4.78 is 15.7. The summed E-state index contributed by atoms with van der Waals surface area (Å²) in [5.41, 5.74) is 2.06. The molecule has 148 valence electrons. The van der Waals surface area contributed by atoms with Crippen molar-refractivity contribution in [1.82, 2.24) is 15.1 Å². The molecule has 4 rings (SSSR count). The maximum atomic E-state index is 14.0. The van der Waals surface area contributed by atoms with Crippen LogP contribution in [0.2, 0.25) is 0 Å². The van der Waals surface area contributed by atoms with Crippen LogP contribution in [0.3, 0.4) is 0 Å². The zero-order chi connectivity index (χ0) is 20.2. The van der Waals surface area contributed by atoms with E-state index in [9.17, 15) is 14.0 Å². The molecule has 0 aliphatic carbocycles. The summed E-state index contributed by atoms with van der Waals surface area (Å²) >= 11 is 0. The van der Waals surface area contributed by atoms with E-state index in [1.807, 2.05) is 42.6 Å². The highest BCUT2D eigenvalue weighted by Crippen LogP contribution is 2.27. The van der Waals surface area contributed by atoms with Crippen LogP contribution < -0.4 is 10.2 Å². The lowest BCUT2D eigenvalue weighted by molar-refractivity contribution is -0.126. The van der Waals surface area contributed by atoms with Gasteiger partial charge in [-0.2, -0.15) is 5.10 Å². The van der Waals surface area contributed by atoms with Crippen LogP contribution in [0.15, 0.2) is 66.9 Å². The van der Waals surface area contributed by atoms with Gasteiger partial charge in [0.15, 0.2) is 0 Å². The first-order chi connectivity index (χ1) is 14.1. The Morgan fingerprint density at radius 2 is 1.86 bits per heavy atom. The molecule has 1 unspecified atom stereocenters. The molecule has 0 spiro atoms. The van der Waals surface area contributed by atoms with Crippen molar-refractivity contribution < 1.29 is 14.0 Å². The number of nitrogens with zero attached hydrogens (tertiary/aromatic N) is 3. The number of anilines is 1. The van der Waals surface area contributed by atoms with Crippen LogP contribution in [0.25, 0.3) is 5.69 Å². The molecule has 1 fully saturated rings. The minimum absolute atomic E-state index is 0.0861. The van der Waals surface area contributed by atoms with Crippen molar-refractivity contribution in [1.29, 1.82) is 0 Å². The SMILES string of the molecule is O=C(NCCc1ccn(-c2ccccc2)n1)C1CC(=O)N(c2ccccc2F)C1. The van der Waals surface area contributed by atoms with Crippen LogP contribution in [0, 0.1) is 11.7 Å². The highest BCUT2D eigenvalue weighted by Gasteiger charge is 2.35. The number of rotatable bonds is 6. The molecule has 1 aliphatic heterocycles. The summed E-state index contributed by atoms with van der Waals surface area (Å²) in [5.74, 6) is -1.38. The summed E-state index contributed by atoms with van der Waals surface area (Å²) in [6.45, 7) is 0.614. The molecule has 1 aromatic heterocycles. The van der Waals surface area contributed by atoms with E-state index < -0.39 is 11.7 Å². The highest BCUT2D eigenvalue weighted by molar-refractivity contribution is 6.00. The molecule has 1 saturated heterocycles. The van der Waals surface area contributed by atoms with Gasteiger partial charge in [-0.25, -0.2) is 9.07 Å². The third kappa shape index (κ3) is 4.18. The number of halogens is 1. The Balaban J connectivity index is 1.30. The zero-order valence-electron chi connectivity index (χ0n) is 15.8. The van der Waals surface area contributed by atoms with Gasteiger partial charge in [0.05, 0.1) is 23.0 Å². The fraction of sp³-hybridized carbons (Fsp3) is 0.227. The zero-order valence-corrected chi connectivity index (χ0v) is 15.8. The van der Waals surface area contributed by atoms with E-state index in [2.05, 4.69) is 10.4 Å². The Hall–Kier alpha value is -3.48. The number of hydrogen-bond acceptors (Lipinski definition) is 3. The molecule has 2 aromatic carbocycles. The van der Waals surface area contributed by atoms with Crippen molar-refractivity contribution >= 4 is 17.5 Å². The maximum absolute atomic E-state index is 14.0. The van der Waals surface area contributed by atoms with E-state index in [0.29, 0.717) is 13.0 Å². The van der Waals surface area contributed by atoms with Crippen molar-refractivity contribution in [2.75, 3.05) is 18.0 Å². The van der Waals surface area contributed by atoms with Gasteiger partial charge in [0.1, 0.15) is 5.82 Å². The summed E-state index contributed by atoms with van der Waals surface area (Å²) in [6, 6.07) is 17.8. The van der Waals surface area contributed by atoms with E-state index in [1.54, 1.807) is 22.9 Å². The standard InChI is InChI=1S/C22H21FN4O2/c23-19-8-4-5-9-20(19)26-15-16(14-21(26)28)22(29)24-12-10-17-11-13-27(25-17)18-6-2-1-3-7-18/h1-9,11,13,16H,10,12,14-15H2,(H,24,29). The fourth-order valence-electron chi connectivity index (χ4n) is 3.46. The van der Waals surface area contributed by atoms with Crippen LogP contribution >= 0.6 is 0 Å². The first-order valence-electron chi connectivity index (χ1n) is 9.54. The molecule has 1 aliphatic rings. The van der Waals surface area contributed by atoms with E-state index >= 15 is 0 Å². The second-order valence-corrected chi connectivity index (χ2v) is 6.99. The lowest BCUT2D eigenvalue weighted by Gasteiger charge is -2.17. The van der Waals surface area contributed by atoms with Gasteiger partial charge >= 0.3 is 0 Å². The van der Waals surface area contributed by atoms with Crippen molar-refractivity contribution in [3.05, 3.63) is 78.4 Å². The topological polar surface area (TPSA) is 67.2 Å². The molecular formula is C22H21FN4O2. The largest absolute Gasteiger partial charge is 0.355 e. The van der Waals surface area contributed by atoms with Gasteiger partial charge < -0.3 is 10.2 Å². The highest BCUT2D eigenvalue weighted by atomic mass is 19.1. The van der Waals surface area contributed by atoms with Crippen LogP contribution in [0.1, 0.15) is 12.1 Å². The van der Waals surface area contributed by atoms with Crippen LogP contribution in [-0.4, -0.2) is 34.7 Å². The quantitative estimate of drug-likeness (QED) is 0.701. The third-order valence-corrected chi connectivity index (χ3v) is 4.98. The number of aromatic nitrogens is 2. The first kappa shape index (κ1) is 18.9. The van der Waals surface area contributed by atoms with Crippen molar-refractivity contribution in [2.45, 2.75) is 12.8 Å². The normalized spacial score (nSPS) is 16.2. The number of hydrogen-bond donors (Lipinski definition) is 1. The second-order valence-electron chi connectivity index (χ2n) is 6.99. The molecule has 0 bridgehead atoms. The molecule has 1 N–H and O–H groups in total. The number of para-hydroxylation sites is 2. The van der Waals surface area contributed by atoms with Crippen molar-refractivity contribution in [3.63, 3.8) is 0 Å². The predicted octanol–water partition coefficient (Wildman–Crippen LogP) is 2.72. The second kappa shape index (κ2) is 8.26. The molecule has 1 atom stereocenters. The van der Waals surface area contributed by atoms with Gasteiger partial charge in [-0.05, 0) is 30.3 Å². The maximum Gasteiger partial charge on any atom is 0.227 e. The Kier molecular flexibility index (Phi) is 5.37. The summed E-state index contributed by atoms with van der Waals surface area (Å²) in [7, 11) is 0. The van der Waals surface area contributed by atoms with Crippen molar-refractivity contribution in [3.8, 4) is 5.69 Å². The molecular weight excluding hydrogens is 371 g/mol. The molecule has 29 heavy (non-hydrogen) atoms.